The lowest BCUT2D eigenvalue weighted by molar-refractivity contribution is 0.136. The zero-order valence-electron chi connectivity index (χ0n) is 13.2. The van der Waals surface area contributed by atoms with Crippen LogP contribution in [0.15, 0.2) is 37.0 Å². The summed E-state index contributed by atoms with van der Waals surface area (Å²) in [6.45, 7) is 13.3. The van der Waals surface area contributed by atoms with Crippen molar-refractivity contribution in [2.45, 2.75) is 59.7 Å². The van der Waals surface area contributed by atoms with Gasteiger partial charge >= 0.3 is 0 Å². The highest BCUT2D eigenvalue weighted by Crippen LogP contribution is 2.08. The van der Waals surface area contributed by atoms with Crippen LogP contribution in [-0.2, 0) is 0 Å². The smallest absolute Gasteiger partial charge is 0.0540 e. The third kappa shape index (κ3) is 15.1. The van der Waals surface area contributed by atoms with Crippen molar-refractivity contribution in [3.8, 4) is 0 Å². The van der Waals surface area contributed by atoms with E-state index in [0.717, 1.165) is 12.8 Å². The monoisotopic (exact) mass is 268 g/mol. The fourth-order valence-corrected chi connectivity index (χ4v) is 1.13. The zero-order chi connectivity index (χ0) is 15.3. The van der Waals surface area contributed by atoms with Gasteiger partial charge in [0.15, 0.2) is 0 Å². The quantitative estimate of drug-likeness (QED) is 0.539. The van der Waals surface area contributed by atoms with Crippen LogP contribution in [0.1, 0.15) is 47.5 Å². The molecule has 0 heterocycles. The van der Waals surface area contributed by atoms with Gasteiger partial charge in [0.2, 0.25) is 0 Å². The molecule has 0 aliphatic heterocycles. The van der Waals surface area contributed by atoms with Crippen LogP contribution in [0, 0.1) is 11.8 Å². The minimum absolute atomic E-state index is 0.179. The van der Waals surface area contributed by atoms with E-state index in [-0.39, 0.29) is 12.2 Å². The van der Waals surface area contributed by atoms with Gasteiger partial charge in [-0.25, -0.2) is 0 Å². The van der Waals surface area contributed by atoms with E-state index in [1.807, 2.05) is 52.8 Å². The summed E-state index contributed by atoms with van der Waals surface area (Å²) in [6.07, 6.45) is 11.3. The predicted octanol–water partition coefficient (Wildman–Crippen LogP) is 4.11. The van der Waals surface area contributed by atoms with E-state index in [9.17, 15) is 0 Å². The number of hydrogen-bond acceptors (Lipinski definition) is 2. The minimum atomic E-state index is -0.213. The van der Waals surface area contributed by atoms with Gasteiger partial charge in [-0.2, -0.15) is 0 Å². The molecule has 0 fully saturated rings. The molecule has 2 N–H and O–H groups in total. The summed E-state index contributed by atoms with van der Waals surface area (Å²) < 4.78 is 0. The molecule has 0 aromatic carbocycles. The van der Waals surface area contributed by atoms with Gasteiger partial charge in [-0.1, -0.05) is 50.8 Å². The minimum Gasteiger partial charge on any atom is -0.393 e. The number of hydrogen-bond donors (Lipinski definition) is 2. The van der Waals surface area contributed by atoms with Crippen LogP contribution in [-0.4, -0.2) is 22.4 Å². The molecule has 0 radical (unpaired) electrons. The summed E-state index contributed by atoms with van der Waals surface area (Å²) >= 11 is 0. The number of aliphatic hydroxyl groups excluding tert-OH is 2. The first-order valence-electron chi connectivity index (χ1n) is 7.11. The summed E-state index contributed by atoms with van der Waals surface area (Å²) in [7, 11) is 0. The van der Waals surface area contributed by atoms with Gasteiger partial charge in [-0.3, -0.25) is 0 Å². The van der Waals surface area contributed by atoms with Crippen molar-refractivity contribution < 1.29 is 10.2 Å². The van der Waals surface area contributed by atoms with E-state index in [2.05, 4.69) is 12.7 Å². The molecule has 0 rings (SSSR count). The second-order valence-corrected chi connectivity index (χ2v) is 5.14. The normalized spacial score (nSPS) is 17.6. The molecule has 112 valence electrons. The molecule has 0 aromatic heterocycles. The molecule has 0 amide bonds. The molecule has 2 nitrogen and oxygen atoms in total. The number of allylic oxidation sites excluding steroid dienone is 5. The van der Waals surface area contributed by atoms with Gasteiger partial charge in [-0.05, 0) is 45.4 Å². The average molecular weight is 268 g/mol. The predicted molar refractivity (Wildman–Crippen MR) is 85.1 cm³/mol. The lowest BCUT2D eigenvalue weighted by atomic mass is 10.0. The maximum atomic E-state index is 9.06. The average Bonchev–Trinajstić information content (AvgIpc) is 2.36. The van der Waals surface area contributed by atoms with E-state index in [1.54, 1.807) is 6.08 Å². The Morgan fingerprint density at radius 2 is 1.32 bits per heavy atom. The molecule has 4 atom stereocenters. The van der Waals surface area contributed by atoms with Gasteiger partial charge in [-0.15, -0.1) is 0 Å². The SMILES string of the molecule is C/C=C/CC(C)C(C)O.C=CC=CCC(C)C(C)O. The topological polar surface area (TPSA) is 40.5 Å². The zero-order valence-corrected chi connectivity index (χ0v) is 13.2. The summed E-state index contributed by atoms with van der Waals surface area (Å²) in [5.41, 5.74) is 0. The van der Waals surface area contributed by atoms with Gasteiger partial charge in [0.05, 0.1) is 12.2 Å². The van der Waals surface area contributed by atoms with Crippen LogP contribution in [0.5, 0.6) is 0 Å². The molecule has 2 heteroatoms. The Morgan fingerprint density at radius 1 is 0.895 bits per heavy atom. The van der Waals surface area contributed by atoms with Gasteiger partial charge in [0.1, 0.15) is 0 Å². The van der Waals surface area contributed by atoms with E-state index in [0.29, 0.717) is 11.8 Å². The van der Waals surface area contributed by atoms with Crippen molar-refractivity contribution in [2.24, 2.45) is 11.8 Å². The maximum absolute atomic E-state index is 9.06. The molecule has 4 unspecified atom stereocenters. The first kappa shape index (κ1) is 20.5. The van der Waals surface area contributed by atoms with Crippen LogP contribution in [0.3, 0.4) is 0 Å². The highest BCUT2D eigenvalue weighted by Gasteiger charge is 2.05. The second-order valence-electron chi connectivity index (χ2n) is 5.14. The Morgan fingerprint density at radius 3 is 1.63 bits per heavy atom. The highest BCUT2D eigenvalue weighted by atomic mass is 16.3. The van der Waals surface area contributed by atoms with E-state index in [4.69, 9.17) is 10.2 Å². The van der Waals surface area contributed by atoms with Crippen molar-refractivity contribution >= 4 is 0 Å². The molecular weight excluding hydrogens is 236 g/mol. The van der Waals surface area contributed by atoms with Crippen LogP contribution in [0.25, 0.3) is 0 Å². The van der Waals surface area contributed by atoms with E-state index in [1.165, 1.54) is 0 Å². The van der Waals surface area contributed by atoms with Crippen LogP contribution >= 0.6 is 0 Å². The summed E-state index contributed by atoms with van der Waals surface area (Å²) in [5, 5.41) is 18.1. The Hall–Kier alpha value is -0.860. The van der Waals surface area contributed by atoms with Crippen molar-refractivity contribution in [3.63, 3.8) is 0 Å². The number of aliphatic hydroxyl groups is 2. The lowest BCUT2D eigenvalue weighted by Gasteiger charge is -2.10. The fraction of sp³-hybridized carbons (Fsp3) is 0.647. The second kappa shape index (κ2) is 13.6. The lowest BCUT2D eigenvalue weighted by Crippen LogP contribution is -2.11. The molecule has 19 heavy (non-hydrogen) atoms. The third-order valence-corrected chi connectivity index (χ3v) is 3.17. The molecule has 0 bridgehead atoms. The largest absolute Gasteiger partial charge is 0.393 e. The standard InChI is InChI=1S/C9H16O.C8H16O/c1-4-5-6-7-8(2)9(3)10;1-4-5-6-7(2)8(3)9/h4-6,8-10H,1,7H2,2-3H3;4-5,7-9H,6H2,1-3H3/b;5-4+. The van der Waals surface area contributed by atoms with Crippen LogP contribution in [0.2, 0.25) is 0 Å². The Balaban J connectivity index is 0. The number of rotatable bonds is 7. The molecule has 0 aliphatic rings. The van der Waals surface area contributed by atoms with Crippen LogP contribution < -0.4 is 0 Å². The first-order valence-corrected chi connectivity index (χ1v) is 7.11. The third-order valence-electron chi connectivity index (χ3n) is 3.17. The van der Waals surface area contributed by atoms with E-state index < -0.39 is 0 Å². The molecule has 0 saturated carbocycles. The van der Waals surface area contributed by atoms with Crippen LogP contribution in [0.4, 0.5) is 0 Å². The Kier molecular flexibility index (Phi) is 14.6. The molecule has 0 saturated heterocycles. The van der Waals surface area contributed by atoms with Gasteiger partial charge in [0.25, 0.3) is 0 Å². The molecule has 0 aromatic rings. The maximum Gasteiger partial charge on any atom is 0.0540 e. The van der Waals surface area contributed by atoms with Crippen molar-refractivity contribution in [3.05, 3.63) is 37.0 Å². The molecular formula is C17H32O2. The Labute approximate surface area is 119 Å². The summed E-state index contributed by atoms with van der Waals surface area (Å²) in [4.78, 5) is 0. The summed E-state index contributed by atoms with van der Waals surface area (Å²) in [5.74, 6) is 0.734. The van der Waals surface area contributed by atoms with Crippen molar-refractivity contribution in [1.82, 2.24) is 0 Å². The molecule has 0 aliphatic carbocycles. The highest BCUT2D eigenvalue weighted by molar-refractivity contribution is 4.97. The van der Waals surface area contributed by atoms with Gasteiger partial charge in [0, 0.05) is 0 Å². The van der Waals surface area contributed by atoms with Gasteiger partial charge < -0.3 is 10.2 Å². The fourth-order valence-electron chi connectivity index (χ4n) is 1.13. The van der Waals surface area contributed by atoms with Crippen molar-refractivity contribution in [2.75, 3.05) is 0 Å². The van der Waals surface area contributed by atoms with E-state index >= 15 is 0 Å². The Bertz CT molecular complexity index is 252. The van der Waals surface area contributed by atoms with Crippen molar-refractivity contribution in [1.29, 1.82) is 0 Å². The first-order chi connectivity index (χ1) is 8.86. The molecule has 0 spiro atoms. The summed E-state index contributed by atoms with van der Waals surface area (Å²) in [6, 6.07) is 0.